The van der Waals surface area contributed by atoms with E-state index in [0.717, 1.165) is 38.0 Å². The van der Waals surface area contributed by atoms with Gasteiger partial charge < -0.3 is 10.5 Å². The van der Waals surface area contributed by atoms with Crippen molar-refractivity contribution in [3.63, 3.8) is 0 Å². The number of ether oxygens (including phenoxy) is 1. The summed E-state index contributed by atoms with van der Waals surface area (Å²) in [4.78, 5) is 0. The van der Waals surface area contributed by atoms with Gasteiger partial charge in [0.1, 0.15) is 5.75 Å². The summed E-state index contributed by atoms with van der Waals surface area (Å²) in [7, 11) is 0. The molecule has 0 saturated heterocycles. The summed E-state index contributed by atoms with van der Waals surface area (Å²) in [5.41, 5.74) is 10.1. The average molecular weight is 281 g/mol. The first-order valence-electron chi connectivity index (χ1n) is 7.88. The second-order valence-electron chi connectivity index (χ2n) is 5.80. The van der Waals surface area contributed by atoms with E-state index in [2.05, 4.69) is 48.5 Å². The number of aryl methyl sites for hydroxylation is 2. The molecule has 1 aliphatic carbocycles. The molecule has 0 heterocycles. The van der Waals surface area contributed by atoms with Crippen molar-refractivity contribution in [3.05, 3.63) is 65.2 Å². The molecule has 2 nitrogen and oxygen atoms in total. The van der Waals surface area contributed by atoms with E-state index in [1.54, 1.807) is 0 Å². The molecule has 1 atom stereocenters. The van der Waals surface area contributed by atoms with E-state index in [4.69, 9.17) is 10.5 Å². The van der Waals surface area contributed by atoms with Crippen LogP contribution < -0.4 is 10.5 Å². The normalized spacial score (nSPS) is 16.7. The molecule has 3 rings (SSSR count). The number of hydrogen-bond acceptors (Lipinski definition) is 2. The van der Waals surface area contributed by atoms with E-state index in [0.29, 0.717) is 0 Å². The van der Waals surface area contributed by atoms with Crippen molar-refractivity contribution >= 4 is 0 Å². The molecular formula is C19H23NO. The molecule has 2 heteroatoms. The first-order valence-corrected chi connectivity index (χ1v) is 7.88. The SMILES string of the molecule is N[C@@H]1CCc2cc(OCCCCc3ccccc3)ccc21. The van der Waals surface area contributed by atoms with Gasteiger partial charge in [-0.15, -0.1) is 0 Å². The summed E-state index contributed by atoms with van der Waals surface area (Å²) >= 11 is 0. The Morgan fingerprint density at radius 1 is 1.05 bits per heavy atom. The zero-order valence-corrected chi connectivity index (χ0v) is 12.4. The van der Waals surface area contributed by atoms with Crippen LogP contribution in [0.15, 0.2) is 48.5 Å². The molecule has 0 aliphatic heterocycles. The van der Waals surface area contributed by atoms with Gasteiger partial charge in [-0.25, -0.2) is 0 Å². The highest BCUT2D eigenvalue weighted by Crippen LogP contribution is 2.31. The van der Waals surface area contributed by atoms with Crippen LogP contribution in [0.1, 0.15) is 42.0 Å². The number of nitrogens with two attached hydrogens (primary N) is 1. The predicted octanol–water partition coefficient (Wildman–Crippen LogP) is 4.03. The Hall–Kier alpha value is -1.80. The number of benzene rings is 2. The largest absolute Gasteiger partial charge is 0.494 e. The van der Waals surface area contributed by atoms with E-state index in [1.165, 1.54) is 23.1 Å². The van der Waals surface area contributed by atoms with Gasteiger partial charge in [0.2, 0.25) is 0 Å². The molecule has 0 bridgehead atoms. The van der Waals surface area contributed by atoms with E-state index < -0.39 is 0 Å². The molecule has 0 saturated carbocycles. The van der Waals surface area contributed by atoms with Gasteiger partial charge in [0.25, 0.3) is 0 Å². The lowest BCUT2D eigenvalue weighted by atomic mass is 10.1. The van der Waals surface area contributed by atoms with Crippen LogP contribution >= 0.6 is 0 Å². The topological polar surface area (TPSA) is 35.2 Å². The highest BCUT2D eigenvalue weighted by atomic mass is 16.5. The lowest BCUT2D eigenvalue weighted by Gasteiger charge is -2.09. The highest BCUT2D eigenvalue weighted by molar-refractivity contribution is 5.40. The molecule has 0 radical (unpaired) electrons. The summed E-state index contributed by atoms with van der Waals surface area (Å²) in [6.07, 6.45) is 5.53. The molecular weight excluding hydrogens is 258 g/mol. The van der Waals surface area contributed by atoms with E-state index in [9.17, 15) is 0 Å². The summed E-state index contributed by atoms with van der Waals surface area (Å²) in [5.74, 6) is 0.988. The maximum atomic E-state index is 6.05. The fourth-order valence-electron chi connectivity index (χ4n) is 2.98. The quantitative estimate of drug-likeness (QED) is 0.811. The Balaban J connectivity index is 1.42. The van der Waals surface area contributed by atoms with Crippen LogP contribution in [-0.2, 0) is 12.8 Å². The molecule has 2 N–H and O–H groups in total. The van der Waals surface area contributed by atoms with Gasteiger partial charge in [-0.3, -0.25) is 0 Å². The van der Waals surface area contributed by atoms with Gasteiger partial charge in [0.05, 0.1) is 6.61 Å². The van der Waals surface area contributed by atoms with Crippen LogP contribution in [0.3, 0.4) is 0 Å². The number of rotatable bonds is 6. The van der Waals surface area contributed by atoms with Crippen LogP contribution in [-0.4, -0.2) is 6.61 Å². The first-order chi connectivity index (χ1) is 10.3. The molecule has 1 aliphatic rings. The van der Waals surface area contributed by atoms with Crippen LogP contribution in [0.5, 0.6) is 5.75 Å². The smallest absolute Gasteiger partial charge is 0.119 e. The summed E-state index contributed by atoms with van der Waals surface area (Å²) < 4.78 is 5.86. The average Bonchev–Trinajstić information content (AvgIpc) is 2.89. The van der Waals surface area contributed by atoms with Gasteiger partial charge in [0.15, 0.2) is 0 Å². The lowest BCUT2D eigenvalue weighted by molar-refractivity contribution is 0.306. The number of fused-ring (bicyclic) bond motifs is 1. The van der Waals surface area contributed by atoms with Crippen LogP contribution in [0.4, 0.5) is 0 Å². The van der Waals surface area contributed by atoms with Crippen molar-refractivity contribution in [2.45, 2.75) is 38.1 Å². The van der Waals surface area contributed by atoms with E-state index in [-0.39, 0.29) is 6.04 Å². The van der Waals surface area contributed by atoms with Gasteiger partial charge in [-0.1, -0.05) is 36.4 Å². The molecule has 0 aromatic heterocycles. The number of hydrogen-bond donors (Lipinski definition) is 1. The van der Waals surface area contributed by atoms with Gasteiger partial charge in [-0.2, -0.15) is 0 Å². The fraction of sp³-hybridized carbons (Fsp3) is 0.368. The van der Waals surface area contributed by atoms with Gasteiger partial charge >= 0.3 is 0 Å². The molecule has 0 unspecified atom stereocenters. The Morgan fingerprint density at radius 3 is 2.76 bits per heavy atom. The molecule has 21 heavy (non-hydrogen) atoms. The van der Waals surface area contributed by atoms with E-state index in [1.807, 2.05) is 0 Å². The molecule has 110 valence electrons. The second-order valence-corrected chi connectivity index (χ2v) is 5.80. The maximum absolute atomic E-state index is 6.05. The lowest BCUT2D eigenvalue weighted by Crippen LogP contribution is -2.05. The Morgan fingerprint density at radius 2 is 1.90 bits per heavy atom. The molecule has 0 spiro atoms. The molecule has 2 aromatic carbocycles. The van der Waals surface area contributed by atoms with Crippen molar-refractivity contribution in [1.82, 2.24) is 0 Å². The Labute approximate surface area is 126 Å². The minimum Gasteiger partial charge on any atom is -0.494 e. The standard InChI is InChI=1S/C19H23NO/c20-19-12-9-16-14-17(10-11-18(16)19)21-13-5-4-8-15-6-2-1-3-7-15/h1-3,6-7,10-11,14,19H,4-5,8-9,12-13,20H2/t19-/m1/s1. The van der Waals surface area contributed by atoms with Crippen molar-refractivity contribution in [1.29, 1.82) is 0 Å². The van der Waals surface area contributed by atoms with Crippen LogP contribution in [0.2, 0.25) is 0 Å². The minimum absolute atomic E-state index is 0.222. The third-order valence-corrected chi connectivity index (χ3v) is 4.21. The summed E-state index contributed by atoms with van der Waals surface area (Å²) in [6, 6.07) is 17.2. The van der Waals surface area contributed by atoms with Gasteiger partial charge in [-0.05, 0) is 60.9 Å². The van der Waals surface area contributed by atoms with Crippen molar-refractivity contribution in [2.75, 3.05) is 6.61 Å². The third-order valence-electron chi connectivity index (χ3n) is 4.21. The molecule has 2 aromatic rings. The third kappa shape index (κ3) is 3.64. The van der Waals surface area contributed by atoms with Gasteiger partial charge in [0, 0.05) is 6.04 Å². The second kappa shape index (κ2) is 6.77. The first kappa shape index (κ1) is 14.2. The zero-order chi connectivity index (χ0) is 14.5. The number of unbranched alkanes of at least 4 members (excludes halogenated alkanes) is 1. The Kier molecular flexibility index (Phi) is 4.56. The predicted molar refractivity (Wildman–Crippen MR) is 86.6 cm³/mol. The zero-order valence-electron chi connectivity index (χ0n) is 12.4. The fourth-order valence-corrected chi connectivity index (χ4v) is 2.98. The van der Waals surface area contributed by atoms with Crippen LogP contribution in [0.25, 0.3) is 0 Å². The Bertz CT molecular complexity index is 579. The van der Waals surface area contributed by atoms with E-state index >= 15 is 0 Å². The maximum Gasteiger partial charge on any atom is 0.119 e. The molecule has 0 amide bonds. The monoisotopic (exact) mass is 281 g/mol. The van der Waals surface area contributed by atoms with Crippen molar-refractivity contribution in [3.8, 4) is 5.75 Å². The summed E-state index contributed by atoms with van der Waals surface area (Å²) in [5, 5.41) is 0. The molecule has 0 fully saturated rings. The minimum atomic E-state index is 0.222. The van der Waals surface area contributed by atoms with Crippen molar-refractivity contribution in [2.24, 2.45) is 5.73 Å². The van der Waals surface area contributed by atoms with Crippen molar-refractivity contribution < 1.29 is 4.74 Å². The highest BCUT2D eigenvalue weighted by Gasteiger charge is 2.18. The summed E-state index contributed by atoms with van der Waals surface area (Å²) in [6.45, 7) is 0.789. The van der Waals surface area contributed by atoms with Crippen LogP contribution in [0, 0.1) is 0 Å².